The van der Waals surface area contributed by atoms with Crippen molar-refractivity contribution in [3.8, 4) is 22.5 Å². The fourth-order valence-electron chi connectivity index (χ4n) is 4.05. The lowest BCUT2D eigenvalue weighted by atomic mass is 9.97. The SMILES string of the molecule is Cc1ccc(-c2noc([C@@H](C)c3ccc(-c4ccccc4)c(F)c3)n2)cc1NCc1ccc(C(=O)O)s1. The van der Waals surface area contributed by atoms with E-state index in [1.807, 2.05) is 74.5 Å². The van der Waals surface area contributed by atoms with Crippen LogP contribution in [0.5, 0.6) is 0 Å². The number of carbonyl (C=O) groups is 1. The fraction of sp³-hybridized carbons (Fsp3) is 0.138. The van der Waals surface area contributed by atoms with Gasteiger partial charge >= 0.3 is 5.97 Å². The number of rotatable bonds is 8. The van der Waals surface area contributed by atoms with E-state index in [1.54, 1.807) is 12.1 Å². The highest BCUT2D eigenvalue weighted by molar-refractivity contribution is 7.13. The molecular formula is C29H24FN3O3S. The summed E-state index contributed by atoms with van der Waals surface area (Å²) in [5.74, 6) is -0.671. The Hall–Kier alpha value is -4.30. The van der Waals surface area contributed by atoms with Crippen molar-refractivity contribution in [1.82, 2.24) is 10.1 Å². The van der Waals surface area contributed by atoms with Crippen molar-refractivity contribution in [1.29, 1.82) is 0 Å². The second-order valence-corrected chi connectivity index (χ2v) is 9.91. The number of hydrogen-bond donors (Lipinski definition) is 2. The molecule has 1 atom stereocenters. The van der Waals surface area contributed by atoms with Crippen molar-refractivity contribution in [3.63, 3.8) is 0 Å². The summed E-state index contributed by atoms with van der Waals surface area (Å²) < 4.78 is 20.5. The fourth-order valence-corrected chi connectivity index (χ4v) is 4.83. The number of benzene rings is 3. The molecule has 0 aliphatic heterocycles. The summed E-state index contributed by atoms with van der Waals surface area (Å²) >= 11 is 1.24. The molecule has 8 heteroatoms. The van der Waals surface area contributed by atoms with Crippen LogP contribution in [0.2, 0.25) is 0 Å². The Morgan fingerprint density at radius 1 is 1.05 bits per heavy atom. The minimum absolute atomic E-state index is 0.286. The first-order valence-electron chi connectivity index (χ1n) is 11.7. The van der Waals surface area contributed by atoms with Gasteiger partial charge in [0.1, 0.15) is 10.7 Å². The molecule has 2 N–H and O–H groups in total. The van der Waals surface area contributed by atoms with Gasteiger partial charge in [-0.05, 0) is 54.8 Å². The molecule has 6 nitrogen and oxygen atoms in total. The molecule has 5 aromatic rings. The van der Waals surface area contributed by atoms with Gasteiger partial charge in [0.15, 0.2) is 0 Å². The third kappa shape index (κ3) is 5.29. The molecule has 0 saturated heterocycles. The third-order valence-corrected chi connectivity index (χ3v) is 7.28. The van der Waals surface area contributed by atoms with E-state index in [1.165, 1.54) is 17.4 Å². The lowest BCUT2D eigenvalue weighted by Gasteiger charge is -2.10. The molecule has 5 rings (SSSR count). The van der Waals surface area contributed by atoms with E-state index in [0.29, 0.717) is 28.7 Å². The van der Waals surface area contributed by atoms with Gasteiger partial charge in [-0.25, -0.2) is 9.18 Å². The smallest absolute Gasteiger partial charge is 0.345 e. The van der Waals surface area contributed by atoms with Crippen LogP contribution >= 0.6 is 11.3 Å². The van der Waals surface area contributed by atoms with Gasteiger partial charge in [-0.15, -0.1) is 11.3 Å². The van der Waals surface area contributed by atoms with E-state index >= 15 is 0 Å². The highest BCUT2D eigenvalue weighted by Crippen LogP contribution is 2.31. The average molecular weight is 514 g/mol. The summed E-state index contributed by atoms with van der Waals surface area (Å²) in [6.07, 6.45) is 0. The summed E-state index contributed by atoms with van der Waals surface area (Å²) in [6.45, 7) is 4.39. The first-order chi connectivity index (χ1) is 17.9. The Kier molecular flexibility index (Phi) is 6.83. The van der Waals surface area contributed by atoms with Crippen molar-refractivity contribution >= 4 is 23.0 Å². The van der Waals surface area contributed by atoms with Gasteiger partial charge in [0.05, 0.1) is 5.92 Å². The van der Waals surface area contributed by atoms with Crippen LogP contribution in [0.3, 0.4) is 0 Å². The molecule has 0 bridgehead atoms. The Morgan fingerprint density at radius 2 is 1.86 bits per heavy atom. The summed E-state index contributed by atoms with van der Waals surface area (Å²) in [5, 5.41) is 16.6. The van der Waals surface area contributed by atoms with Crippen molar-refractivity contribution in [2.75, 3.05) is 5.32 Å². The van der Waals surface area contributed by atoms with Crippen molar-refractivity contribution in [2.45, 2.75) is 26.3 Å². The zero-order valence-corrected chi connectivity index (χ0v) is 21.1. The Bertz CT molecular complexity index is 1560. The largest absolute Gasteiger partial charge is 0.477 e. The standard InChI is InChI=1S/C29H24FN3O3S/c1-17-8-9-21(15-25(17)31-16-22-11-13-26(37-22)29(34)35)27-32-28(36-33-27)18(2)20-10-12-23(24(30)14-20)19-6-4-3-5-7-19/h3-15,18,31H,16H2,1-2H3,(H,34,35)/t18-/m0/s1. The maximum absolute atomic E-state index is 14.9. The minimum Gasteiger partial charge on any atom is -0.477 e. The summed E-state index contributed by atoms with van der Waals surface area (Å²) in [7, 11) is 0. The number of anilines is 1. The molecule has 2 aromatic heterocycles. The Balaban J connectivity index is 1.33. The maximum Gasteiger partial charge on any atom is 0.345 e. The molecule has 0 unspecified atom stereocenters. The molecule has 2 heterocycles. The number of halogens is 1. The molecular weight excluding hydrogens is 489 g/mol. The number of carboxylic acid groups (broad SMARTS) is 1. The van der Waals surface area contributed by atoms with Crippen molar-refractivity contribution < 1.29 is 18.8 Å². The summed E-state index contributed by atoms with van der Waals surface area (Å²) in [5.41, 5.74) is 4.81. The molecule has 37 heavy (non-hydrogen) atoms. The van der Waals surface area contributed by atoms with E-state index in [2.05, 4.69) is 15.5 Å². The second kappa shape index (κ2) is 10.4. The van der Waals surface area contributed by atoms with E-state index in [9.17, 15) is 9.18 Å². The number of carboxylic acids is 1. The number of nitrogens with one attached hydrogen (secondary N) is 1. The Labute approximate surface area is 217 Å². The third-order valence-electron chi connectivity index (χ3n) is 6.21. The lowest BCUT2D eigenvalue weighted by molar-refractivity contribution is 0.0702. The summed E-state index contributed by atoms with van der Waals surface area (Å²) in [4.78, 5) is 16.9. The van der Waals surface area contributed by atoms with E-state index in [0.717, 1.165) is 32.8 Å². The zero-order chi connectivity index (χ0) is 25.9. The number of aryl methyl sites for hydroxylation is 1. The number of nitrogens with zero attached hydrogens (tertiary/aromatic N) is 2. The molecule has 0 amide bonds. The predicted octanol–water partition coefficient (Wildman–Crippen LogP) is 7.37. The van der Waals surface area contributed by atoms with Crippen LogP contribution in [-0.2, 0) is 6.54 Å². The molecule has 0 aliphatic carbocycles. The lowest BCUT2D eigenvalue weighted by Crippen LogP contribution is -2.00. The maximum atomic E-state index is 14.9. The number of thiophene rings is 1. The van der Waals surface area contributed by atoms with E-state index in [4.69, 9.17) is 9.63 Å². The predicted molar refractivity (Wildman–Crippen MR) is 142 cm³/mol. The molecule has 0 radical (unpaired) electrons. The molecule has 186 valence electrons. The van der Waals surface area contributed by atoms with Crippen LogP contribution in [0, 0.1) is 12.7 Å². The van der Waals surface area contributed by atoms with Crippen LogP contribution in [0.1, 0.15) is 44.4 Å². The van der Waals surface area contributed by atoms with Gasteiger partial charge in [-0.1, -0.05) is 59.8 Å². The van der Waals surface area contributed by atoms with Gasteiger partial charge < -0.3 is 14.9 Å². The van der Waals surface area contributed by atoms with E-state index < -0.39 is 5.97 Å². The number of aromatic carboxylic acids is 1. The number of hydrogen-bond acceptors (Lipinski definition) is 6. The van der Waals surface area contributed by atoms with Crippen LogP contribution in [0.4, 0.5) is 10.1 Å². The van der Waals surface area contributed by atoms with Crippen LogP contribution in [0.15, 0.2) is 83.4 Å². The number of aromatic nitrogens is 2. The van der Waals surface area contributed by atoms with Gasteiger partial charge in [0.2, 0.25) is 11.7 Å². The van der Waals surface area contributed by atoms with E-state index in [-0.39, 0.29) is 11.7 Å². The highest BCUT2D eigenvalue weighted by atomic mass is 32.1. The minimum atomic E-state index is -0.925. The normalized spacial score (nSPS) is 11.9. The molecule has 3 aromatic carbocycles. The second-order valence-electron chi connectivity index (χ2n) is 8.74. The Morgan fingerprint density at radius 3 is 2.59 bits per heavy atom. The van der Waals surface area contributed by atoms with Gasteiger partial charge in [0.25, 0.3) is 0 Å². The quantitative estimate of drug-likeness (QED) is 0.225. The topological polar surface area (TPSA) is 88.3 Å². The first-order valence-corrected chi connectivity index (χ1v) is 12.6. The zero-order valence-electron chi connectivity index (χ0n) is 20.2. The molecule has 0 spiro atoms. The van der Waals surface area contributed by atoms with Crippen LogP contribution in [-0.4, -0.2) is 21.2 Å². The van der Waals surface area contributed by atoms with Crippen molar-refractivity contribution in [3.05, 3.63) is 111 Å². The average Bonchev–Trinajstić information content (AvgIpc) is 3.59. The van der Waals surface area contributed by atoms with Crippen molar-refractivity contribution in [2.24, 2.45) is 0 Å². The van der Waals surface area contributed by atoms with Crippen LogP contribution < -0.4 is 5.32 Å². The van der Waals surface area contributed by atoms with Gasteiger partial charge in [-0.3, -0.25) is 0 Å². The van der Waals surface area contributed by atoms with Gasteiger partial charge in [0, 0.05) is 28.2 Å². The highest BCUT2D eigenvalue weighted by Gasteiger charge is 2.19. The van der Waals surface area contributed by atoms with Gasteiger partial charge in [-0.2, -0.15) is 4.98 Å². The summed E-state index contributed by atoms with van der Waals surface area (Å²) in [6, 6.07) is 23.8. The monoisotopic (exact) mass is 513 g/mol. The first kappa shape index (κ1) is 24.4. The molecule has 0 saturated carbocycles. The molecule has 0 aliphatic rings. The van der Waals surface area contributed by atoms with Crippen LogP contribution in [0.25, 0.3) is 22.5 Å². The molecule has 0 fully saturated rings.